The van der Waals surface area contributed by atoms with Gasteiger partial charge < -0.3 is 15.1 Å². The number of amides is 1. The van der Waals surface area contributed by atoms with Crippen LogP contribution in [-0.4, -0.2) is 54.0 Å². The number of carbonyl (C=O) groups excluding carboxylic acids is 1. The molecule has 1 aliphatic heterocycles. The van der Waals surface area contributed by atoms with E-state index in [9.17, 15) is 4.79 Å². The lowest BCUT2D eigenvalue weighted by molar-refractivity contribution is -0.131. The van der Waals surface area contributed by atoms with E-state index in [1.165, 1.54) is 0 Å². The molecule has 7 nitrogen and oxygen atoms in total. The maximum atomic E-state index is 12.0. The Morgan fingerprint density at radius 2 is 2.30 bits per heavy atom. The van der Waals surface area contributed by atoms with Crippen molar-refractivity contribution in [3.63, 3.8) is 0 Å². The number of anilines is 2. The van der Waals surface area contributed by atoms with Crippen LogP contribution in [-0.2, 0) is 4.79 Å². The molecule has 2 unspecified atom stereocenters. The van der Waals surface area contributed by atoms with Crippen LogP contribution in [0.1, 0.15) is 25.3 Å². The van der Waals surface area contributed by atoms with Gasteiger partial charge in [-0.2, -0.15) is 5.26 Å². The Bertz CT molecular complexity index is 611. The number of nitrogens with one attached hydrogen (secondary N) is 1. The number of hydrogen-bond donors (Lipinski definition) is 1. The zero-order valence-corrected chi connectivity index (χ0v) is 14.2. The third-order valence-electron chi connectivity index (χ3n) is 4.63. The number of rotatable bonds is 4. The Balaban J connectivity index is 2.21. The quantitative estimate of drug-likeness (QED) is 0.904. The van der Waals surface area contributed by atoms with Gasteiger partial charge in [0.15, 0.2) is 0 Å². The first-order chi connectivity index (χ1) is 11.0. The van der Waals surface area contributed by atoms with E-state index in [1.54, 1.807) is 11.2 Å². The molecule has 2 rings (SSSR count). The van der Waals surface area contributed by atoms with E-state index in [1.807, 2.05) is 27.1 Å². The van der Waals surface area contributed by atoms with Crippen molar-refractivity contribution in [2.45, 2.75) is 32.7 Å². The molecule has 124 valence electrons. The second kappa shape index (κ2) is 7.27. The summed E-state index contributed by atoms with van der Waals surface area (Å²) in [6.45, 7) is 5.53. The summed E-state index contributed by atoms with van der Waals surface area (Å²) in [5, 5.41) is 11.8. The number of likely N-dealkylation sites (tertiary alicyclic amines) is 1. The molecule has 2 atom stereocenters. The van der Waals surface area contributed by atoms with Crippen molar-refractivity contribution in [1.82, 2.24) is 14.9 Å². The molecule has 1 aliphatic rings. The molecule has 1 N–H and O–H groups in total. The number of nitriles is 1. The average molecular weight is 316 g/mol. The highest BCUT2D eigenvalue weighted by Gasteiger charge is 2.32. The zero-order valence-electron chi connectivity index (χ0n) is 14.2. The van der Waals surface area contributed by atoms with Crippen molar-refractivity contribution >= 4 is 17.5 Å². The summed E-state index contributed by atoms with van der Waals surface area (Å²) in [6, 6.07) is 2.11. The first-order valence-corrected chi connectivity index (χ1v) is 7.86. The third kappa shape index (κ3) is 3.52. The van der Waals surface area contributed by atoms with E-state index in [2.05, 4.69) is 27.1 Å². The summed E-state index contributed by atoms with van der Waals surface area (Å²) in [5.41, 5.74) is 0.991. The molecular weight excluding hydrogens is 292 g/mol. The molecule has 0 spiro atoms. The summed E-state index contributed by atoms with van der Waals surface area (Å²) in [4.78, 5) is 24.6. The van der Waals surface area contributed by atoms with Gasteiger partial charge in [0.1, 0.15) is 24.4 Å². The molecule has 1 aromatic heterocycles. The smallest absolute Gasteiger partial charge is 0.236 e. The van der Waals surface area contributed by atoms with Crippen molar-refractivity contribution in [2.24, 2.45) is 5.92 Å². The van der Waals surface area contributed by atoms with Gasteiger partial charge in [-0.25, -0.2) is 9.97 Å². The van der Waals surface area contributed by atoms with Crippen LogP contribution >= 0.6 is 0 Å². The Hall–Kier alpha value is -2.36. The van der Waals surface area contributed by atoms with Crippen LogP contribution in [0.2, 0.25) is 0 Å². The average Bonchev–Trinajstić information content (AvgIpc) is 2.55. The zero-order chi connectivity index (χ0) is 17.0. The van der Waals surface area contributed by atoms with Crippen molar-refractivity contribution in [1.29, 1.82) is 5.26 Å². The number of aromatic nitrogens is 2. The summed E-state index contributed by atoms with van der Waals surface area (Å²) in [6.07, 6.45) is 2.42. The van der Waals surface area contributed by atoms with Gasteiger partial charge in [-0.3, -0.25) is 4.79 Å². The van der Waals surface area contributed by atoms with Crippen LogP contribution in [0.4, 0.5) is 11.6 Å². The Morgan fingerprint density at radius 3 is 2.96 bits per heavy atom. The summed E-state index contributed by atoms with van der Waals surface area (Å²) >= 11 is 0. The molecule has 1 amide bonds. The van der Waals surface area contributed by atoms with E-state index in [0.29, 0.717) is 12.5 Å². The maximum Gasteiger partial charge on any atom is 0.236 e. The van der Waals surface area contributed by atoms with Crippen molar-refractivity contribution in [3.05, 3.63) is 11.9 Å². The van der Waals surface area contributed by atoms with Crippen LogP contribution in [0, 0.1) is 24.2 Å². The SMILES string of the molecule is CNc1ncnc(N(C)C2CN(C(=O)CC#N)CCC2C)c1C. The maximum absolute atomic E-state index is 12.0. The predicted molar refractivity (Wildman–Crippen MR) is 89.1 cm³/mol. The molecule has 0 bridgehead atoms. The number of likely N-dealkylation sites (N-methyl/N-ethyl adjacent to an activating group) is 1. The summed E-state index contributed by atoms with van der Waals surface area (Å²) in [5.74, 6) is 2.03. The Labute approximate surface area is 137 Å². The van der Waals surface area contributed by atoms with Gasteiger partial charge in [0.2, 0.25) is 5.91 Å². The van der Waals surface area contributed by atoms with Crippen LogP contribution in [0.25, 0.3) is 0 Å². The number of nitrogens with zero attached hydrogens (tertiary/aromatic N) is 5. The van der Waals surface area contributed by atoms with Crippen molar-refractivity contribution in [3.8, 4) is 6.07 Å². The van der Waals surface area contributed by atoms with Gasteiger partial charge >= 0.3 is 0 Å². The fourth-order valence-corrected chi connectivity index (χ4v) is 3.16. The van der Waals surface area contributed by atoms with Gasteiger partial charge in [-0.05, 0) is 19.3 Å². The van der Waals surface area contributed by atoms with E-state index >= 15 is 0 Å². The molecule has 0 aromatic carbocycles. The van der Waals surface area contributed by atoms with Crippen LogP contribution in [0.3, 0.4) is 0 Å². The minimum absolute atomic E-state index is 0.0543. The lowest BCUT2D eigenvalue weighted by Crippen LogP contribution is -2.53. The van der Waals surface area contributed by atoms with Crippen LogP contribution in [0.5, 0.6) is 0 Å². The van der Waals surface area contributed by atoms with E-state index in [-0.39, 0.29) is 18.4 Å². The first-order valence-electron chi connectivity index (χ1n) is 7.86. The normalized spacial score (nSPS) is 20.7. The second-order valence-corrected chi connectivity index (χ2v) is 6.04. The van der Waals surface area contributed by atoms with Gasteiger partial charge in [-0.15, -0.1) is 0 Å². The highest BCUT2D eigenvalue weighted by molar-refractivity contribution is 5.78. The van der Waals surface area contributed by atoms with Crippen molar-refractivity contribution < 1.29 is 4.79 Å². The monoisotopic (exact) mass is 316 g/mol. The molecule has 2 heterocycles. The van der Waals surface area contributed by atoms with Crippen LogP contribution < -0.4 is 10.2 Å². The van der Waals surface area contributed by atoms with Gasteiger partial charge in [0, 0.05) is 32.7 Å². The highest BCUT2D eigenvalue weighted by Crippen LogP contribution is 2.28. The molecular formula is C16H24N6O. The predicted octanol–water partition coefficient (Wildman–Crippen LogP) is 1.41. The van der Waals surface area contributed by atoms with Crippen LogP contribution in [0.15, 0.2) is 6.33 Å². The molecule has 1 saturated heterocycles. The number of carbonyl (C=O) groups is 1. The topological polar surface area (TPSA) is 85.2 Å². The first kappa shape index (κ1) is 17.0. The summed E-state index contributed by atoms with van der Waals surface area (Å²) < 4.78 is 0. The summed E-state index contributed by atoms with van der Waals surface area (Å²) in [7, 11) is 3.85. The molecule has 0 saturated carbocycles. The minimum Gasteiger partial charge on any atom is -0.373 e. The van der Waals surface area contributed by atoms with Gasteiger partial charge in [0.05, 0.1) is 12.1 Å². The number of hydrogen-bond acceptors (Lipinski definition) is 6. The van der Waals surface area contributed by atoms with Crippen molar-refractivity contribution in [2.75, 3.05) is 37.4 Å². The largest absolute Gasteiger partial charge is 0.373 e. The molecule has 1 fully saturated rings. The fraction of sp³-hybridized carbons (Fsp3) is 0.625. The van der Waals surface area contributed by atoms with Gasteiger partial charge in [0.25, 0.3) is 0 Å². The lowest BCUT2D eigenvalue weighted by atomic mass is 9.92. The van der Waals surface area contributed by atoms with E-state index < -0.39 is 0 Å². The third-order valence-corrected chi connectivity index (χ3v) is 4.63. The molecule has 1 aromatic rings. The molecule has 23 heavy (non-hydrogen) atoms. The fourth-order valence-electron chi connectivity index (χ4n) is 3.16. The standard InChI is InChI=1S/C16H24N6O/c1-11-6-8-22(14(23)5-7-17)9-13(11)21(4)16-12(2)15(18-3)19-10-20-16/h10-11,13H,5-6,8-9H2,1-4H3,(H,18,19,20). The lowest BCUT2D eigenvalue weighted by Gasteiger charge is -2.42. The Morgan fingerprint density at radius 1 is 1.57 bits per heavy atom. The van der Waals surface area contributed by atoms with E-state index in [4.69, 9.17) is 5.26 Å². The Kier molecular flexibility index (Phi) is 5.37. The highest BCUT2D eigenvalue weighted by atomic mass is 16.2. The van der Waals surface area contributed by atoms with E-state index in [0.717, 1.165) is 30.2 Å². The molecule has 0 aliphatic carbocycles. The molecule has 0 radical (unpaired) electrons. The second-order valence-electron chi connectivity index (χ2n) is 6.04. The minimum atomic E-state index is -0.0897. The molecule has 7 heteroatoms. The number of piperidine rings is 1. The van der Waals surface area contributed by atoms with Gasteiger partial charge in [-0.1, -0.05) is 6.92 Å².